The molecule has 0 saturated carbocycles. The highest BCUT2D eigenvalue weighted by atomic mass is 16.5. The highest BCUT2D eigenvalue weighted by molar-refractivity contribution is 5.68. The lowest BCUT2D eigenvalue weighted by Gasteiger charge is -2.10. The molecule has 1 heterocycles. The standard InChI is InChI=1S/C20H23N3O/c1-16-9-11-17(12-10-16)19-15-23(18-7-5-4-6-8-18)21-20(19)24-14-13-22(2)3/h4-12,15H,13-14H2,1-3H3. The maximum Gasteiger partial charge on any atom is 0.241 e. The molecule has 3 aromatic rings. The lowest BCUT2D eigenvalue weighted by molar-refractivity contribution is 0.253. The van der Waals surface area contributed by atoms with Gasteiger partial charge in [-0.25, -0.2) is 4.68 Å². The summed E-state index contributed by atoms with van der Waals surface area (Å²) in [4.78, 5) is 2.10. The molecule has 0 aliphatic carbocycles. The number of aromatic nitrogens is 2. The normalized spacial score (nSPS) is 11.0. The van der Waals surface area contributed by atoms with Crippen LogP contribution in [0.25, 0.3) is 16.8 Å². The van der Waals surface area contributed by atoms with Crippen molar-refractivity contribution in [1.82, 2.24) is 14.7 Å². The summed E-state index contributed by atoms with van der Waals surface area (Å²) in [5.41, 5.74) is 4.39. The van der Waals surface area contributed by atoms with Crippen molar-refractivity contribution in [3.05, 3.63) is 66.4 Å². The highest BCUT2D eigenvalue weighted by Crippen LogP contribution is 2.30. The monoisotopic (exact) mass is 321 g/mol. The molecule has 0 N–H and O–H groups in total. The quantitative estimate of drug-likeness (QED) is 0.692. The topological polar surface area (TPSA) is 30.3 Å². The molecular formula is C20H23N3O. The van der Waals surface area contributed by atoms with Gasteiger partial charge in [-0.15, -0.1) is 5.10 Å². The van der Waals surface area contributed by atoms with Gasteiger partial charge in [0, 0.05) is 12.7 Å². The van der Waals surface area contributed by atoms with Crippen molar-refractivity contribution in [3.8, 4) is 22.7 Å². The zero-order chi connectivity index (χ0) is 16.9. The van der Waals surface area contributed by atoms with Crippen molar-refractivity contribution in [1.29, 1.82) is 0 Å². The Morgan fingerprint density at radius 1 is 1.00 bits per heavy atom. The molecule has 2 aromatic carbocycles. The van der Waals surface area contributed by atoms with Crippen molar-refractivity contribution in [2.75, 3.05) is 27.2 Å². The minimum Gasteiger partial charge on any atom is -0.475 e. The van der Waals surface area contributed by atoms with Gasteiger partial charge in [-0.1, -0.05) is 48.0 Å². The predicted octanol–water partition coefficient (Wildman–Crippen LogP) is 3.79. The van der Waals surface area contributed by atoms with Crippen LogP contribution in [0.2, 0.25) is 0 Å². The van der Waals surface area contributed by atoms with E-state index in [1.54, 1.807) is 0 Å². The number of benzene rings is 2. The summed E-state index contributed by atoms with van der Waals surface area (Å²) in [5.74, 6) is 0.671. The molecule has 0 amide bonds. The summed E-state index contributed by atoms with van der Waals surface area (Å²) in [6.07, 6.45) is 2.03. The summed E-state index contributed by atoms with van der Waals surface area (Å²) in [6, 6.07) is 18.5. The summed E-state index contributed by atoms with van der Waals surface area (Å²) >= 11 is 0. The molecule has 3 rings (SSSR count). The zero-order valence-electron chi connectivity index (χ0n) is 14.4. The number of hydrogen-bond donors (Lipinski definition) is 0. The molecule has 4 heteroatoms. The SMILES string of the molecule is Cc1ccc(-c2cn(-c3ccccc3)nc2OCCN(C)C)cc1. The van der Waals surface area contributed by atoms with Gasteiger partial charge in [0.15, 0.2) is 0 Å². The van der Waals surface area contributed by atoms with E-state index < -0.39 is 0 Å². The highest BCUT2D eigenvalue weighted by Gasteiger charge is 2.13. The van der Waals surface area contributed by atoms with Crippen molar-refractivity contribution >= 4 is 0 Å². The van der Waals surface area contributed by atoms with E-state index in [9.17, 15) is 0 Å². The molecule has 0 radical (unpaired) electrons. The number of para-hydroxylation sites is 1. The number of rotatable bonds is 6. The fourth-order valence-corrected chi connectivity index (χ4v) is 2.43. The minimum atomic E-state index is 0.609. The molecule has 24 heavy (non-hydrogen) atoms. The van der Waals surface area contributed by atoms with E-state index in [1.165, 1.54) is 5.56 Å². The Balaban J connectivity index is 1.95. The van der Waals surface area contributed by atoms with E-state index in [0.29, 0.717) is 12.5 Å². The molecule has 0 saturated heterocycles. The van der Waals surface area contributed by atoms with Crippen LogP contribution in [-0.4, -0.2) is 41.9 Å². The second-order valence-electron chi connectivity index (χ2n) is 6.15. The van der Waals surface area contributed by atoms with Crippen LogP contribution in [-0.2, 0) is 0 Å². The smallest absolute Gasteiger partial charge is 0.241 e. The van der Waals surface area contributed by atoms with E-state index >= 15 is 0 Å². The van der Waals surface area contributed by atoms with Crippen molar-refractivity contribution < 1.29 is 4.74 Å². The second kappa shape index (κ2) is 7.32. The maximum atomic E-state index is 5.96. The summed E-state index contributed by atoms with van der Waals surface area (Å²) in [7, 11) is 4.07. The largest absolute Gasteiger partial charge is 0.475 e. The van der Waals surface area contributed by atoms with Gasteiger partial charge in [-0.05, 0) is 38.7 Å². The second-order valence-corrected chi connectivity index (χ2v) is 6.15. The Morgan fingerprint density at radius 3 is 2.38 bits per heavy atom. The Bertz CT molecular complexity index is 776. The van der Waals surface area contributed by atoms with E-state index in [-0.39, 0.29) is 0 Å². The Hall–Kier alpha value is -2.59. The van der Waals surface area contributed by atoms with Crippen LogP contribution in [0.4, 0.5) is 0 Å². The van der Waals surface area contributed by atoms with E-state index in [1.807, 2.05) is 55.3 Å². The van der Waals surface area contributed by atoms with Gasteiger partial charge >= 0.3 is 0 Å². The molecule has 0 aliphatic heterocycles. The predicted molar refractivity (Wildman–Crippen MR) is 97.8 cm³/mol. The van der Waals surface area contributed by atoms with Crippen LogP contribution >= 0.6 is 0 Å². The van der Waals surface area contributed by atoms with Crippen molar-refractivity contribution in [3.63, 3.8) is 0 Å². The van der Waals surface area contributed by atoms with Gasteiger partial charge in [0.1, 0.15) is 6.61 Å². The van der Waals surface area contributed by atoms with Gasteiger partial charge in [-0.3, -0.25) is 0 Å². The van der Waals surface area contributed by atoms with E-state index in [4.69, 9.17) is 4.74 Å². The van der Waals surface area contributed by atoms with Crippen LogP contribution in [0.1, 0.15) is 5.56 Å². The maximum absolute atomic E-state index is 5.96. The molecule has 1 aromatic heterocycles. The molecule has 0 fully saturated rings. The van der Waals surface area contributed by atoms with E-state index in [0.717, 1.165) is 23.4 Å². The molecule has 0 atom stereocenters. The Morgan fingerprint density at radius 2 is 1.71 bits per heavy atom. The molecule has 124 valence electrons. The van der Waals surface area contributed by atoms with Gasteiger partial charge in [0.05, 0.1) is 11.3 Å². The third kappa shape index (κ3) is 3.84. The first-order valence-electron chi connectivity index (χ1n) is 8.13. The molecule has 4 nitrogen and oxygen atoms in total. The first kappa shape index (κ1) is 16.3. The molecule has 0 aliphatic rings. The van der Waals surface area contributed by atoms with Crippen molar-refractivity contribution in [2.24, 2.45) is 0 Å². The Labute approximate surface area is 143 Å². The van der Waals surface area contributed by atoms with Crippen LogP contribution in [0.15, 0.2) is 60.8 Å². The minimum absolute atomic E-state index is 0.609. The summed E-state index contributed by atoms with van der Waals surface area (Å²) in [6.45, 7) is 3.55. The summed E-state index contributed by atoms with van der Waals surface area (Å²) in [5, 5.41) is 4.65. The average Bonchev–Trinajstić information content (AvgIpc) is 3.00. The molecular weight excluding hydrogens is 298 g/mol. The number of ether oxygens (including phenoxy) is 1. The van der Waals surface area contributed by atoms with Gasteiger partial charge in [0.25, 0.3) is 0 Å². The molecule has 0 bridgehead atoms. The van der Waals surface area contributed by atoms with Crippen LogP contribution in [0.5, 0.6) is 5.88 Å². The number of aryl methyl sites for hydroxylation is 1. The first-order valence-corrected chi connectivity index (χ1v) is 8.13. The third-order valence-corrected chi connectivity index (χ3v) is 3.84. The van der Waals surface area contributed by atoms with Crippen molar-refractivity contribution in [2.45, 2.75) is 6.92 Å². The van der Waals surface area contributed by atoms with Gasteiger partial charge in [0.2, 0.25) is 5.88 Å². The van der Waals surface area contributed by atoms with E-state index in [2.05, 4.69) is 41.2 Å². The summed E-state index contributed by atoms with van der Waals surface area (Å²) < 4.78 is 7.84. The lowest BCUT2D eigenvalue weighted by Crippen LogP contribution is -2.19. The number of likely N-dealkylation sites (N-methyl/N-ethyl adjacent to an activating group) is 1. The Kier molecular flexibility index (Phi) is 4.96. The number of hydrogen-bond acceptors (Lipinski definition) is 3. The fourth-order valence-electron chi connectivity index (χ4n) is 2.43. The average molecular weight is 321 g/mol. The first-order chi connectivity index (χ1) is 11.6. The number of nitrogens with zero attached hydrogens (tertiary/aromatic N) is 3. The van der Waals surface area contributed by atoms with Gasteiger partial charge in [-0.2, -0.15) is 0 Å². The lowest BCUT2D eigenvalue weighted by atomic mass is 10.1. The van der Waals surface area contributed by atoms with Crippen LogP contribution in [0, 0.1) is 6.92 Å². The van der Waals surface area contributed by atoms with Crippen LogP contribution in [0.3, 0.4) is 0 Å². The molecule has 0 spiro atoms. The zero-order valence-corrected chi connectivity index (χ0v) is 14.4. The third-order valence-electron chi connectivity index (χ3n) is 3.84. The van der Waals surface area contributed by atoms with Gasteiger partial charge < -0.3 is 9.64 Å². The fraction of sp³-hybridized carbons (Fsp3) is 0.250. The van der Waals surface area contributed by atoms with Crippen LogP contribution < -0.4 is 4.74 Å². The molecule has 0 unspecified atom stereocenters.